The number of alkyl halides is 1. The number of aliphatic hydroxyl groups excluding tert-OH is 1. The summed E-state index contributed by atoms with van der Waals surface area (Å²) in [6.45, 7) is 4.03. The molecule has 1 unspecified atom stereocenters. The van der Waals surface area contributed by atoms with Crippen LogP contribution < -0.4 is 0 Å². The molecule has 1 rings (SSSR count). The van der Waals surface area contributed by atoms with E-state index < -0.39 is 41.9 Å². The molecule has 98 valence electrons. The van der Waals surface area contributed by atoms with E-state index in [-0.39, 0.29) is 0 Å². The first-order chi connectivity index (χ1) is 7.82. The molecule has 0 saturated carbocycles. The molecular formula is C10H15ClO6. The van der Waals surface area contributed by atoms with Crippen molar-refractivity contribution in [2.75, 3.05) is 0 Å². The third kappa shape index (κ3) is 3.55. The van der Waals surface area contributed by atoms with Gasteiger partial charge in [0, 0.05) is 13.8 Å². The molecule has 0 aromatic heterocycles. The normalized spacial score (nSPS) is 37.4. The van der Waals surface area contributed by atoms with E-state index in [1.54, 1.807) is 6.92 Å². The molecule has 0 aliphatic carbocycles. The van der Waals surface area contributed by atoms with Crippen molar-refractivity contribution in [2.24, 2.45) is 0 Å². The number of rotatable bonds is 2. The molecule has 1 saturated heterocycles. The van der Waals surface area contributed by atoms with Gasteiger partial charge in [0.05, 0.1) is 6.10 Å². The van der Waals surface area contributed by atoms with Crippen molar-refractivity contribution in [1.82, 2.24) is 0 Å². The Kier molecular flexibility index (Phi) is 4.73. The minimum atomic E-state index is -1.28. The molecular weight excluding hydrogens is 252 g/mol. The second-order valence-corrected chi connectivity index (χ2v) is 4.33. The Hall–Kier alpha value is -0.850. The summed E-state index contributed by atoms with van der Waals surface area (Å²) in [5.41, 5.74) is 0. The van der Waals surface area contributed by atoms with Crippen LogP contribution in [-0.4, -0.2) is 47.0 Å². The summed E-state index contributed by atoms with van der Waals surface area (Å²) in [4.78, 5) is 21.9. The maximum atomic E-state index is 11.0. The van der Waals surface area contributed by atoms with Gasteiger partial charge in [0.25, 0.3) is 0 Å². The summed E-state index contributed by atoms with van der Waals surface area (Å²) >= 11 is 5.88. The first kappa shape index (κ1) is 14.2. The van der Waals surface area contributed by atoms with Crippen LogP contribution in [0.15, 0.2) is 0 Å². The molecule has 1 fully saturated rings. The fourth-order valence-corrected chi connectivity index (χ4v) is 1.92. The van der Waals surface area contributed by atoms with Crippen molar-refractivity contribution in [3.63, 3.8) is 0 Å². The molecule has 0 spiro atoms. The van der Waals surface area contributed by atoms with Gasteiger partial charge in [-0.15, -0.1) is 11.6 Å². The Labute approximate surface area is 104 Å². The molecule has 1 heterocycles. The monoisotopic (exact) mass is 266 g/mol. The van der Waals surface area contributed by atoms with Crippen LogP contribution in [0, 0.1) is 0 Å². The molecule has 1 N–H and O–H groups in total. The van der Waals surface area contributed by atoms with Gasteiger partial charge in [0.1, 0.15) is 5.38 Å². The van der Waals surface area contributed by atoms with Crippen molar-refractivity contribution in [2.45, 2.75) is 50.8 Å². The van der Waals surface area contributed by atoms with E-state index in [2.05, 4.69) is 0 Å². The Morgan fingerprint density at radius 1 is 1.18 bits per heavy atom. The van der Waals surface area contributed by atoms with E-state index in [0.29, 0.717) is 0 Å². The van der Waals surface area contributed by atoms with Crippen molar-refractivity contribution in [3.8, 4) is 0 Å². The number of hydrogen-bond donors (Lipinski definition) is 1. The predicted octanol–water partition coefficient (Wildman–Crippen LogP) is 0.194. The summed E-state index contributed by atoms with van der Waals surface area (Å²) in [6.07, 6.45) is -3.66. The molecule has 0 aromatic carbocycles. The summed E-state index contributed by atoms with van der Waals surface area (Å²) in [7, 11) is 0. The third-order valence-corrected chi connectivity index (χ3v) is 2.79. The van der Waals surface area contributed by atoms with Crippen LogP contribution in [0.25, 0.3) is 0 Å². The van der Waals surface area contributed by atoms with Gasteiger partial charge in [-0.1, -0.05) is 0 Å². The Morgan fingerprint density at radius 3 is 2.12 bits per heavy atom. The lowest BCUT2D eigenvalue weighted by molar-refractivity contribution is -0.238. The van der Waals surface area contributed by atoms with Crippen molar-refractivity contribution in [1.29, 1.82) is 0 Å². The average molecular weight is 267 g/mol. The fourth-order valence-electron chi connectivity index (χ4n) is 1.66. The molecule has 17 heavy (non-hydrogen) atoms. The van der Waals surface area contributed by atoms with Crippen LogP contribution in [0.5, 0.6) is 0 Å². The van der Waals surface area contributed by atoms with Gasteiger partial charge in [-0.2, -0.15) is 0 Å². The highest BCUT2D eigenvalue weighted by Crippen LogP contribution is 2.28. The zero-order valence-corrected chi connectivity index (χ0v) is 10.5. The quantitative estimate of drug-likeness (QED) is 0.568. The Bertz CT molecular complexity index is 307. The fraction of sp³-hybridized carbons (Fsp3) is 0.800. The Balaban J connectivity index is 2.86. The highest BCUT2D eigenvalue weighted by molar-refractivity contribution is 6.21. The van der Waals surface area contributed by atoms with Crippen LogP contribution in [0.1, 0.15) is 20.8 Å². The number of carbonyl (C=O) groups is 2. The number of hydrogen-bond acceptors (Lipinski definition) is 6. The van der Waals surface area contributed by atoms with Gasteiger partial charge in [-0.3, -0.25) is 9.59 Å². The first-order valence-corrected chi connectivity index (χ1v) is 5.58. The summed E-state index contributed by atoms with van der Waals surface area (Å²) in [6, 6.07) is 0. The maximum absolute atomic E-state index is 11.0. The van der Waals surface area contributed by atoms with Crippen LogP contribution in [-0.2, 0) is 23.8 Å². The second-order valence-electron chi connectivity index (χ2n) is 3.82. The lowest BCUT2D eigenvalue weighted by atomic mass is 10.0. The first-order valence-electron chi connectivity index (χ1n) is 5.15. The molecule has 5 atom stereocenters. The van der Waals surface area contributed by atoms with Crippen molar-refractivity contribution >= 4 is 23.5 Å². The highest BCUT2D eigenvalue weighted by Gasteiger charge is 2.46. The van der Waals surface area contributed by atoms with Gasteiger partial charge in [0.2, 0.25) is 0 Å². The molecule has 0 radical (unpaired) electrons. The van der Waals surface area contributed by atoms with Crippen molar-refractivity contribution in [3.05, 3.63) is 0 Å². The smallest absolute Gasteiger partial charge is 0.303 e. The number of ether oxygens (including phenoxy) is 3. The number of carbonyl (C=O) groups excluding carboxylic acids is 2. The van der Waals surface area contributed by atoms with Gasteiger partial charge in [-0.05, 0) is 6.92 Å². The predicted molar refractivity (Wildman–Crippen MR) is 57.3 cm³/mol. The minimum Gasteiger partial charge on any atom is -0.457 e. The van der Waals surface area contributed by atoms with E-state index in [0.717, 1.165) is 0 Å². The molecule has 0 amide bonds. The SMILES string of the molecule is CC(=O)O[C@@H]1[C@H](OC(C)=O)[C@H](C)OC(O)[C@H]1Cl. The lowest BCUT2D eigenvalue weighted by Gasteiger charge is -2.40. The van der Waals surface area contributed by atoms with E-state index in [1.807, 2.05) is 0 Å². The summed E-state index contributed by atoms with van der Waals surface area (Å²) < 4.78 is 15.0. The van der Waals surface area contributed by atoms with Gasteiger partial charge >= 0.3 is 11.9 Å². The summed E-state index contributed by atoms with van der Waals surface area (Å²) in [5.74, 6) is -1.11. The van der Waals surface area contributed by atoms with E-state index in [1.165, 1.54) is 13.8 Å². The van der Waals surface area contributed by atoms with Gasteiger partial charge in [-0.25, -0.2) is 0 Å². The highest BCUT2D eigenvalue weighted by atomic mass is 35.5. The molecule has 1 aliphatic heterocycles. The zero-order chi connectivity index (χ0) is 13.2. The minimum absolute atomic E-state index is 0.539. The maximum Gasteiger partial charge on any atom is 0.303 e. The number of esters is 2. The average Bonchev–Trinajstić information content (AvgIpc) is 2.19. The number of aliphatic hydroxyl groups is 1. The van der Waals surface area contributed by atoms with Crippen LogP contribution >= 0.6 is 11.6 Å². The standard InChI is InChI=1S/C10H15ClO6/c1-4-8(16-5(2)12)9(17-6(3)13)7(11)10(14)15-4/h4,7-10,14H,1-3H3/t4-,7-,8+,9-,10?/m0/s1. The number of halogens is 1. The van der Waals surface area contributed by atoms with E-state index in [9.17, 15) is 14.7 Å². The van der Waals surface area contributed by atoms with Crippen LogP contribution in [0.3, 0.4) is 0 Å². The van der Waals surface area contributed by atoms with Crippen LogP contribution in [0.4, 0.5) is 0 Å². The lowest BCUT2D eigenvalue weighted by Crippen LogP contribution is -2.57. The summed E-state index contributed by atoms with van der Waals surface area (Å²) in [5, 5.41) is 8.51. The largest absolute Gasteiger partial charge is 0.457 e. The Morgan fingerprint density at radius 2 is 1.65 bits per heavy atom. The molecule has 6 nitrogen and oxygen atoms in total. The third-order valence-electron chi connectivity index (χ3n) is 2.33. The van der Waals surface area contributed by atoms with E-state index >= 15 is 0 Å². The van der Waals surface area contributed by atoms with E-state index in [4.69, 9.17) is 25.8 Å². The van der Waals surface area contributed by atoms with Crippen LogP contribution in [0.2, 0.25) is 0 Å². The second kappa shape index (κ2) is 5.66. The van der Waals surface area contributed by atoms with Gasteiger partial charge < -0.3 is 19.3 Å². The molecule has 7 heteroatoms. The van der Waals surface area contributed by atoms with Crippen molar-refractivity contribution < 1.29 is 28.9 Å². The topological polar surface area (TPSA) is 82.1 Å². The zero-order valence-electron chi connectivity index (χ0n) is 9.75. The molecule has 1 aliphatic rings. The molecule has 0 aromatic rings. The molecule has 0 bridgehead atoms. The van der Waals surface area contributed by atoms with Gasteiger partial charge in [0.15, 0.2) is 18.5 Å².